The molecule has 0 fully saturated rings. The minimum absolute atomic E-state index is 0.000819. The van der Waals surface area contributed by atoms with E-state index in [1.807, 2.05) is 79.7 Å². The molecule has 0 aromatic heterocycles. The molecule has 0 aliphatic rings. The molecule has 0 atom stereocenters. The number of para-hydroxylation sites is 1. The van der Waals surface area contributed by atoms with Gasteiger partial charge in [-0.3, -0.25) is 4.79 Å². The lowest BCUT2D eigenvalue weighted by Gasteiger charge is -2.14. The molecule has 0 heterocycles. The predicted molar refractivity (Wildman–Crippen MR) is 114 cm³/mol. The fourth-order valence-electron chi connectivity index (χ4n) is 2.95. The molecule has 3 aromatic carbocycles. The van der Waals surface area contributed by atoms with Gasteiger partial charge in [0.05, 0.1) is 0 Å². The Kier molecular flexibility index (Phi) is 6.68. The highest BCUT2D eigenvalue weighted by atomic mass is 16.5. The molecule has 0 aliphatic heterocycles. The molecule has 4 nitrogen and oxygen atoms in total. The molecule has 144 valence electrons. The van der Waals surface area contributed by atoms with E-state index in [2.05, 4.69) is 23.5 Å². The highest BCUT2D eigenvalue weighted by Crippen LogP contribution is 2.21. The number of rotatable bonds is 8. The lowest BCUT2D eigenvalue weighted by atomic mass is 10.0. The molecule has 4 heteroatoms. The van der Waals surface area contributed by atoms with E-state index in [4.69, 9.17) is 4.74 Å². The van der Waals surface area contributed by atoms with Crippen molar-refractivity contribution in [3.63, 3.8) is 0 Å². The van der Waals surface area contributed by atoms with Crippen molar-refractivity contribution in [2.45, 2.75) is 13.0 Å². The van der Waals surface area contributed by atoms with Crippen molar-refractivity contribution < 1.29 is 9.53 Å². The topological polar surface area (TPSA) is 41.6 Å². The van der Waals surface area contributed by atoms with Gasteiger partial charge in [-0.2, -0.15) is 0 Å². The first-order chi connectivity index (χ1) is 13.6. The number of anilines is 1. The third-order valence-corrected chi connectivity index (χ3v) is 4.49. The van der Waals surface area contributed by atoms with Crippen LogP contribution in [0.15, 0.2) is 78.9 Å². The summed E-state index contributed by atoms with van der Waals surface area (Å²) in [4.78, 5) is 14.3. The monoisotopic (exact) mass is 374 g/mol. The summed E-state index contributed by atoms with van der Waals surface area (Å²) < 4.78 is 5.80. The number of carbonyl (C=O) groups excluding carboxylic acids is 1. The Hall–Kier alpha value is -3.27. The zero-order valence-electron chi connectivity index (χ0n) is 16.4. The molecular formula is C24H26N2O2. The fourth-order valence-corrected chi connectivity index (χ4v) is 2.95. The van der Waals surface area contributed by atoms with Gasteiger partial charge in [0.2, 0.25) is 0 Å². The first-order valence-corrected chi connectivity index (χ1v) is 9.39. The standard InChI is InChI=1S/C24H26N2O2/c1-26(2)22-13-8-11-20(16-22)17-25-24(27)18-28-23-14-7-6-12-21(23)15-19-9-4-3-5-10-19/h3-14,16H,15,17-18H2,1-2H3,(H,25,27). The smallest absolute Gasteiger partial charge is 0.258 e. The Morgan fingerprint density at radius 2 is 1.61 bits per heavy atom. The third-order valence-electron chi connectivity index (χ3n) is 4.49. The molecule has 3 aromatic rings. The second kappa shape index (κ2) is 9.60. The van der Waals surface area contributed by atoms with Crippen LogP contribution in [0.4, 0.5) is 5.69 Å². The number of nitrogens with one attached hydrogen (secondary N) is 1. The largest absolute Gasteiger partial charge is 0.483 e. The van der Waals surface area contributed by atoms with Gasteiger partial charge in [-0.1, -0.05) is 60.7 Å². The van der Waals surface area contributed by atoms with Crippen molar-refractivity contribution in [2.24, 2.45) is 0 Å². The van der Waals surface area contributed by atoms with Gasteiger partial charge in [-0.15, -0.1) is 0 Å². The molecule has 0 bridgehead atoms. The Morgan fingerprint density at radius 1 is 0.893 bits per heavy atom. The number of amides is 1. The van der Waals surface area contributed by atoms with Crippen LogP contribution in [0.25, 0.3) is 0 Å². The van der Waals surface area contributed by atoms with Gasteiger partial charge in [0.1, 0.15) is 5.75 Å². The molecule has 28 heavy (non-hydrogen) atoms. The number of ether oxygens (including phenoxy) is 1. The van der Waals surface area contributed by atoms with Crippen LogP contribution >= 0.6 is 0 Å². The van der Waals surface area contributed by atoms with Crippen molar-refractivity contribution in [3.8, 4) is 5.75 Å². The quantitative estimate of drug-likeness (QED) is 0.647. The van der Waals surface area contributed by atoms with Gasteiger partial charge in [-0.05, 0) is 34.9 Å². The van der Waals surface area contributed by atoms with Crippen molar-refractivity contribution in [2.75, 3.05) is 25.6 Å². The summed E-state index contributed by atoms with van der Waals surface area (Å²) in [5, 5.41) is 2.92. The molecule has 1 amide bonds. The van der Waals surface area contributed by atoms with Gasteiger partial charge in [0, 0.05) is 32.7 Å². The molecule has 3 rings (SSSR count). The van der Waals surface area contributed by atoms with Crippen LogP contribution in [-0.2, 0) is 17.8 Å². The average molecular weight is 374 g/mol. The summed E-state index contributed by atoms with van der Waals surface area (Å²) in [6, 6.07) is 26.2. The lowest BCUT2D eigenvalue weighted by molar-refractivity contribution is -0.123. The van der Waals surface area contributed by atoms with E-state index in [0.717, 1.165) is 29.0 Å². The Labute approximate surface area is 166 Å². The maximum Gasteiger partial charge on any atom is 0.258 e. The minimum atomic E-state index is -0.134. The zero-order valence-corrected chi connectivity index (χ0v) is 16.4. The van der Waals surface area contributed by atoms with Crippen LogP contribution in [0.1, 0.15) is 16.7 Å². The second-order valence-corrected chi connectivity index (χ2v) is 6.90. The fraction of sp³-hybridized carbons (Fsp3) is 0.208. The molecule has 0 aliphatic carbocycles. The number of hydrogen-bond acceptors (Lipinski definition) is 3. The average Bonchev–Trinajstić information content (AvgIpc) is 2.72. The van der Waals surface area contributed by atoms with Crippen LogP contribution < -0.4 is 15.0 Å². The molecule has 0 spiro atoms. The van der Waals surface area contributed by atoms with Crippen LogP contribution in [0, 0.1) is 0 Å². The highest BCUT2D eigenvalue weighted by molar-refractivity contribution is 5.77. The number of hydrogen-bond donors (Lipinski definition) is 1. The van der Waals surface area contributed by atoms with E-state index in [1.165, 1.54) is 5.56 Å². The summed E-state index contributed by atoms with van der Waals surface area (Å²) in [5.41, 5.74) is 4.45. The van der Waals surface area contributed by atoms with Crippen LogP contribution in [0.5, 0.6) is 5.75 Å². The molecule has 1 N–H and O–H groups in total. The van der Waals surface area contributed by atoms with E-state index < -0.39 is 0 Å². The molecular weight excluding hydrogens is 348 g/mol. The lowest BCUT2D eigenvalue weighted by Crippen LogP contribution is -2.28. The molecule has 0 saturated carbocycles. The van der Waals surface area contributed by atoms with Gasteiger partial charge in [0.25, 0.3) is 5.91 Å². The summed E-state index contributed by atoms with van der Waals surface area (Å²) in [6.45, 7) is 0.481. The van der Waals surface area contributed by atoms with Crippen molar-refractivity contribution in [1.29, 1.82) is 0 Å². The maximum absolute atomic E-state index is 12.2. The van der Waals surface area contributed by atoms with Gasteiger partial charge >= 0.3 is 0 Å². The third kappa shape index (κ3) is 5.61. The van der Waals surface area contributed by atoms with E-state index in [9.17, 15) is 4.79 Å². The predicted octanol–water partition coefficient (Wildman–Crippen LogP) is 4.04. The Bertz CT molecular complexity index is 907. The van der Waals surface area contributed by atoms with Crippen LogP contribution in [0.2, 0.25) is 0 Å². The number of benzene rings is 3. The maximum atomic E-state index is 12.2. The zero-order chi connectivity index (χ0) is 19.8. The van der Waals surface area contributed by atoms with Crippen molar-refractivity contribution in [3.05, 3.63) is 95.6 Å². The minimum Gasteiger partial charge on any atom is -0.483 e. The summed E-state index contributed by atoms with van der Waals surface area (Å²) >= 11 is 0. The van der Waals surface area contributed by atoms with Gasteiger partial charge < -0.3 is 15.0 Å². The second-order valence-electron chi connectivity index (χ2n) is 6.90. The van der Waals surface area contributed by atoms with E-state index in [0.29, 0.717) is 6.54 Å². The van der Waals surface area contributed by atoms with Crippen LogP contribution in [0.3, 0.4) is 0 Å². The van der Waals surface area contributed by atoms with E-state index >= 15 is 0 Å². The highest BCUT2D eigenvalue weighted by Gasteiger charge is 2.08. The normalized spacial score (nSPS) is 10.4. The molecule has 0 saturated heterocycles. The summed E-state index contributed by atoms with van der Waals surface area (Å²) in [7, 11) is 4.00. The van der Waals surface area contributed by atoms with Gasteiger partial charge in [-0.25, -0.2) is 0 Å². The molecule has 0 radical (unpaired) electrons. The van der Waals surface area contributed by atoms with Crippen molar-refractivity contribution in [1.82, 2.24) is 5.32 Å². The van der Waals surface area contributed by atoms with Crippen LogP contribution in [-0.4, -0.2) is 26.6 Å². The first-order valence-electron chi connectivity index (χ1n) is 9.39. The Morgan fingerprint density at radius 3 is 2.39 bits per heavy atom. The number of carbonyl (C=O) groups is 1. The summed E-state index contributed by atoms with van der Waals surface area (Å²) in [5.74, 6) is 0.612. The molecule has 0 unspecified atom stereocenters. The van der Waals surface area contributed by atoms with Gasteiger partial charge in [0.15, 0.2) is 6.61 Å². The number of nitrogens with zero attached hydrogens (tertiary/aromatic N) is 1. The Balaban J connectivity index is 1.54. The summed E-state index contributed by atoms with van der Waals surface area (Å²) in [6.07, 6.45) is 0.774. The SMILES string of the molecule is CN(C)c1cccc(CNC(=O)COc2ccccc2Cc2ccccc2)c1. The first kappa shape index (κ1) is 19.5. The van der Waals surface area contributed by atoms with E-state index in [-0.39, 0.29) is 12.5 Å². The van der Waals surface area contributed by atoms with E-state index in [1.54, 1.807) is 0 Å². The van der Waals surface area contributed by atoms with Crippen molar-refractivity contribution >= 4 is 11.6 Å².